The number of aliphatic carboxylic acids is 1. The number of hydrogen-bond donors (Lipinski definition) is 2. The highest BCUT2D eigenvalue weighted by molar-refractivity contribution is 7.91. The number of carboxylic acids is 1. The maximum Gasteiger partial charge on any atom is 0.323 e. The molecule has 1 heterocycles. The molecule has 1 rings (SSSR count). The number of hydrogen-bond acceptors (Lipinski definition) is 5. The first-order valence-corrected chi connectivity index (χ1v) is 8.63. The zero-order valence-electron chi connectivity index (χ0n) is 12.1. The van der Waals surface area contributed by atoms with Gasteiger partial charge in [-0.3, -0.25) is 4.79 Å². The lowest BCUT2D eigenvalue weighted by molar-refractivity contribution is -0.138. The fraction of sp³-hybridized carbons (Fsp3) is 0.833. The third-order valence-corrected chi connectivity index (χ3v) is 5.02. The van der Waals surface area contributed by atoms with Gasteiger partial charge in [0.25, 0.3) is 0 Å². The van der Waals surface area contributed by atoms with E-state index in [1.165, 1.54) is 0 Å². The van der Waals surface area contributed by atoms with Crippen LogP contribution in [0, 0.1) is 0 Å². The van der Waals surface area contributed by atoms with E-state index in [4.69, 9.17) is 9.84 Å². The van der Waals surface area contributed by atoms with Crippen LogP contribution in [0.1, 0.15) is 19.3 Å². The third-order valence-electron chi connectivity index (χ3n) is 3.27. The monoisotopic (exact) mass is 322 g/mol. The highest BCUT2D eigenvalue weighted by Crippen LogP contribution is 2.17. The summed E-state index contributed by atoms with van der Waals surface area (Å²) in [5.74, 6) is -1.33. The predicted molar refractivity (Wildman–Crippen MR) is 75.9 cm³/mol. The van der Waals surface area contributed by atoms with Gasteiger partial charge >= 0.3 is 12.0 Å². The Labute approximate surface area is 124 Å². The van der Waals surface area contributed by atoms with Crippen LogP contribution in [0.15, 0.2) is 0 Å². The number of nitrogens with zero attached hydrogens (tertiary/aromatic N) is 1. The maximum atomic E-state index is 12.0. The fourth-order valence-electron chi connectivity index (χ4n) is 2.20. The van der Waals surface area contributed by atoms with Gasteiger partial charge in [0.05, 0.1) is 11.5 Å². The summed E-state index contributed by atoms with van der Waals surface area (Å²) in [4.78, 5) is 24.0. The molecule has 0 aromatic carbocycles. The molecule has 2 N–H and O–H groups in total. The van der Waals surface area contributed by atoms with Crippen molar-refractivity contribution in [1.82, 2.24) is 10.2 Å². The average Bonchev–Trinajstić information content (AvgIpc) is 2.75. The summed E-state index contributed by atoms with van der Waals surface area (Å²) < 4.78 is 27.8. The van der Waals surface area contributed by atoms with Crippen LogP contribution in [0.2, 0.25) is 0 Å². The molecule has 9 heteroatoms. The Morgan fingerprint density at radius 3 is 2.62 bits per heavy atom. The summed E-state index contributed by atoms with van der Waals surface area (Å²) in [6.45, 7) is 0.497. The summed E-state index contributed by atoms with van der Waals surface area (Å²) >= 11 is 0. The minimum Gasteiger partial charge on any atom is -0.480 e. The molecule has 122 valence electrons. The molecule has 1 unspecified atom stereocenters. The lowest BCUT2D eigenvalue weighted by Crippen LogP contribution is -2.49. The van der Waals surface area contributed by atoms with Crippen LogP contribution in [-0.2, 0) is 19.4 Å². The molecular weight excluding hydrogens is 300 g/mol. The Kier molecular flexibility index (Phi) is 6.90. The van der Waals surface area contributed by atoms with E-state index in [9.17, 15) is 18.0 Å². The van der Waals surface area contributed by atoms with Gasteiger partial charge in [0, 0.05) is 26.3 Å². The van der Waals surface area contributed by atoms with E-state index in [2.05, 4.69) is 5.32 Å². The fourth-order valence-corrected chi connectivity index (χ4v) is 3.93. The zero-order valence-corrected chi connectivity index (χ0v) is 12.9. The lowest BCUT2D eigenvalue weighted by atomic mass is 10.2. The molecule has 1 atom stereocenters. The number of carbonyl (C=O) groups is 2. The van der Waals surface area contributed by atoms with Crippen molar-refractivity contribution in [2.45, 2.75) is 25.3 Å². The van der Waals surface area contributed by atoms with Gasteiger partial charge < -0.3 is 20.1 Å². The molecular formula is C12H22N2O6S. The number of unbranched alkanes of at least 4 members (excludes halogenated alkanes) is 1. The number of amides is 2. The third kappa shape index (κ3) is 6.30. The molecule has 0 aromatic heterocycles. The summed E-state index contributed by atoms with van der Waals surface area (Å²) in [7, 11) is -1.58. The van der Waals surface area contributed by atoms with Crippen molar-refractivity contribution in [3.8, 4) is 0 Å². The van der Waals surface area contributed by atoms with E-state index >= 15 is 0 Å². The standard InChI is InChI=1S/C12H22N2O6S/c1-20-6-3-2-5-13-12(17)14(8-11(15)16)10-4-7-21(18,19)9-10/h10H,2-9H2,1H3,(H,13,17)(H,15,16). The number of nitrogens with one attached hydrogen (secondary N) is 1. The molecule has 1 aliphatic heterocycles. The molecule has 0 saturated carbocycles. The number of rotatable bonds is 8. The van der Waals surface area contributed by atoms with Crippen LogP contribution in [0.25, 0.3) is 0 Å². The van der Waals surface area contributed by atoms with Crippen molar-refractivity contribution in [1.29, 1.82) is 0 Å². The number of carbonyl (C=O) groups excluding carboxylic acids is 1. The van der Waals surface area contributed by atoms with E-state index in [1.54, 1.807) is 7.11 Å². The van der Waals surface area contributed by atoms with E-state index in [0.29, 0.717) is 19.6 Å². The summed E-state index contributed by atoms with van der Waals surface area (Å²) in [5.41, 5.74) is 0. The van der Waals surface area contributed by atoms with Crippen LogP contribution in [0.4, 0.5) is 4.79 Å². The van der Waals surface area contributed by atoms with Gasteiger partial charge in [0.1, 0.15) is 6.54 Å². The minimum absolute atomic E-state index is 0.00506. The van der Waals surface area contributed by atoms with Crippen LogP contribution < -0.4 is 5.32 Å². The van der Waals surface area contributed by atoms with Crippen molar-refractivity contribution in [2.75, 3.05) is 38.3 Å². The molecule has 0 bridgehead atoms. The molecule has 1 saturated heterocycles. The molecule has 0 radical (unpaired) electrons. The number of methoxy groups -OCH3 is 1. The van der Waals surface area contributed by atoms with Crippen LogP contribution in [0.3, 0.4) is 0 Å². The highest BCUT2D eigenvalue weighted by Gasteiger charge is 2.35. The largest absolute Gasteiger partial charge is 0.480 e. The van der Waals surface area contributed by atoms with Gasteiger partial charge in [0.2, 0.25) is 0 Å². The van der Waals surface area contributed by atoms with Gasteiger partial charge in [-0.25, -0.2) is 13.2 Å². The number of carboxylic acid groups (broad SMARTS) is 1. The number of ether oxygens (including phenoxy) is 1. The number of sulfone groups is 1. The Balaban J connectivity index is 2.53. The topological polar surface area (TPSA) is 113 Å². The molecule has 21 heavy (non-hydrogen) atoms. The second-order valence-electron chi connectivity index (χ2n) is 5.01. The Hall–Kier alpha value is -1.35. The molecule has 0 aliphatic carbocycles. The molecule has 1 fully saturated rings. The van der Waals surface area contributed by atoms with E-state index in [-0.39, 0.29) is 17.9 Å². The van der Waals surface area contributed by atoms with Crippen LogP contribution in [0.5, 0.6) is 0 Å². The first-order chi connectivity index (χ1) is 9.85. The molecule has 2 amide bonds. The summed E-state index contributed by atoms with van der Waals surface area (Å²) in [6.07, 6.45) is 1.78. The Morgan fingerprint density at radius 2 is 2.10 bits per heavy atom. The van der Waals surface area contributed by atoms with Crippen molar-refractivity contribution >= 4 is 21.8 Å². The zero-order chi connectivity index (χ0) is 15.9. The van der Waals surface area contributed by atoms with Gasteiger partial charge in [0.15, 0.2) is 9.84 Å². The first-order valence-electron chi connectivity index (χ1n) is 6.81. The second-order valence-corrected chi connectivity index (χ2v) is 7.24. The van der Waals surface area contributed by atoms with Gasteiger partial charge in [-0.05, 0) is 19.3 Å². The smallest absolute Gasteiger partial charge is 0.323 e. The molecule has 0 aromatic rings. The van der Waals surface area contributed by atoms with E-state index in [1.807, 2.05) is 0 Å². The lowest BCUT2D eigenvalue weighted by Gasteiger charge is -2.26. The van der Waals surface area contributed by atoms with Crippen LogP contribution in [-0.4, -0.2) is 74.8 Å². The Bertz CT molecular complexity index is 464. The van der Waals surface area contributed by atoms with Gasteiger partial charge in [-0.2, -0.15) is 0 Å². The van der Waals surface area contributed by atoms with Crippen molar-refractivity contribution in [2.24, 2.45) is 0 Å². The Morgan fingerprint density at radius 1 is 1.38 bits per heavy atom. The number of urea groups is 1. The normalized spacial score (nSPS) is 20.1. The predicted octanol–water partition coefficient (Wildman–Crippen LogP) is -0.304. The quantitative estimate of drug-likeness (QED) is 0.593. The summed E-state index contributed by atoms with van der Waals surface area (Å²) in [5, 5.41) is 11.5. The van der Waals surface area contributed by atoms with Gasteiger partial charge in [-0.15, -0.1) is 0 Å². The molecule has 0 spiro atoms. The van der Waals surface area contributed by atoms with Crippen LogP contribution >= 0.6 is 0 Å². The highest BCUT2D eigenvalue weighted by atomic mass is 32.2. The van der Waals surface area contributed by atoms with E-state index < -0.39 is 34.4 Å². The van der Waals surface area contributed by atoms with Crippen molar-refractivity contribution < 1.29 is 27.9 Å². The van der Waals surface area contributed by atoms with E-state index in [0.717, 1.165) is 11.3 Å². The first kappa shape index (κ1) is 17.7. The molecule has 8 nitrogen and oxygen atoms in total. The van der Waals surface area contributed by atoms with Crippen molar-refractivity contribution in [3.63, 3.8) is 0 Å². The summed E-state index contributed by atoms with van der Waals surface area (Å²) in [6, 6.07) is -1.10. The second kappa shape index (κ2) is 8.18. The minimum atomic E-state index is -3.17. The molecule has 1 aliphatic rings. The average molecular weight is 322 g/mol. The van der Waals surface area contributed by atoms with Gasteiger partial charge in [-0.1, -0.05) is 0 Å². The van der Waals surface area contributed by atoms with Crippen molar-refractivity contribution in [3.05, 3.63) is 0 Å². The maximum absolute atomic E-state index is 12.0. The SMILES string of the molecule is COCCCCNC(=O)N(CC(=O)O)C1CCS(=O)(=O)C1.